The molecule has 2 heterocycles. The first-order chi connectivity index (χ1) is 19.3. The fourth-order valence-electron chi connectivity index (χ4n) is 4.61. The second kappa shape index (κ2) is 10.3. The fourth-order valence-corrected chi connectivity index (χ4v) is 4.61. The molecule has 0 unspecified atom stereocenters. The lowest BCUT2D eigenvalue weighted by Gasteiger charge is -2.32. The SMILES string of the molecule is Cc1oc(-c2ccc(OCc3ccccc3)cc2)nc1Cn1c(C)cc2cc(C(O)(C(F)(F)F)C(F)(F)F)ccc21. The van der Waals surface area contributed by atoms with Crippen LogP contribution in [0.5, 0.6) is 5.75 Å². The number of aromatic nitrogens is 2. The minimum Gasteiger partial charge on any atom is -0.489 e. The molecule has 0 saturated heterocycles. The van der Waals surface area contributed by atoms with Crippen LogP contribution in [0.2, 0.25) is 0 Å². The van der Waals surface area contributed by atoms with Gasteiger partial charge in [-0.3, -0.25) is 0 Å². The highest BCUT2D eigenvalue weighted by molar-refractivity contribution is 5.82. The van der Waals surface area contributed by atoms with E-state index < -0.39 is 23.5 Å². The smallest absolute Gasteiger partial charge is 0.430 e. The summed E-state index contributed by atoms with van der Waals surface area (Å²) in [6.45, 7) is 3.96. The predicted octanol–water partition coefficient (Wildman–Crippen LogP) is 7.85. The maximum Gasteiger partial charge on any atom is 0.430 e. The maximum absolute atomic E-state index is 13.4. The number of benzene rings is 3. The molecule has 2 aromatic heterocycles. The maximum atomic E-state index is 13.4. The van der Waals surface area contributed by atoms with Gasteiger partial charge in [0.25, 0.3) is 5.60 Å². The molecule has 0 amide bonds. The molecule has 0 fully saturated rings. The summed E-state index contributed by atoms with van der Waals surface area (Å²) in [5, 5.41) is 9.90. The Hall–Kier alpha value is -4.25. The number of hydrogen-bond donors (Lipinski definition) is 1. The van der Waals surface area contributed by atoms with E-state index in [-0.39, 0.29) is 11.9 Å². The number of hydrogen-bond acceptors (Lipinski definition) is 4. The molecule has 11 heteroatoms. The van der Waals surface area contributed by atoms with Crippen LogP contribution >= 0.6 is 0 Å². The van der Waals surface area contributed by atoms with Gasteiger partial charge in [-0.1, -0.05) is 36.4 Å². The zero-order valence-electron chi connectivity index (χ0n) is 21.8. The molecule has 214 valence electrons. The van der Waals surface area contributed by atoms with Gasteiger partial charge in [-0.05, 0) is 61.9 Å². The number of oxazole rings is 1. The van der Waals surface area contributed by atoms with Crippen molar-refractivity contribution in [3.05, 3.63) is 107 Å². The number of ether oxygens (including phenoxy) is 1. The highest BCUT2D eigenvalue weighted by Crippen LogP contribution is 2.50. The monoisotopic (exact) mass is 574 g/mol. The molecule has 0 spiro atoms. The predicted molar refractivity (Wildman–Crippen MR) is 139 cm³/mol. The van der Waals surface area contributed by atoms with E-state index in [1.807, 2.05) is 30.3 Å². The van der Waals surface area contributed by atoms with Crippen LogP contribution in [0, 0.1) is 13.8 Å². The summed E-state index contributed by atoms with van der Waals surface area (Å²) in [6.07, 6.45) is -11.9. The Morgan fingerprint density at radius 1 is 0.854 bits per heavy atom. The first-order valence-electron chi connectivity index (χ1n) is 12.5. The molecule has 5 aromatic rings. The van der Waals surface area contributed by atoms with E-state index in [1.54, 1.807) is 42.7 Å². The third-order valence-electron chi connectivity index (χ3n) is 6.90. The Morgan fingerprint density at radius 2 is 1.51 bits per heavy atom. The van der Waals surface area contributed by atoms with Gasteiger partial charge in [0, 0.05) is 27.7 Å². The summed E-state index contributed by atoms with van der Waals surface area (Å²) >= 11 is 0. The quantitative estimate of drug-likeness (QED) is 0.201. The Kier molecular flexibility index (Phi) is 7.10. The Labute approximate surface area is 230 Å². The summed E-state index contributed by atoms with van der Waals surface area (Å²) in [4.78, 5) is 4.58. The van der Waals surface area contributed by atoms with Crippen molar-refractivity contribution in [1.82, 2.24) is 9.55 Å². The molecule has 1 N–H and O–H groups in total. The highest BCUT2D eigenvalue weighted by Gasteiger charge is 2.71. The number of fused-ring (bicyclic) bond motifs is 1. The van der Waals surface area contributed by atoms with Crippen LogP contribution in [0.4, 0.5) is 26.3 Å². The standard InChI is InChI=1S/C30H24F6N2O3/c1-18-14-22-15-23(28(39,29(31,32)33)30(34,35)36)10-13-26(22)38(18)16-25-19(2)41-27(37-25)21-8-11-24(12-9-21)40-17-20-6-4-3-5-7-20/h3-15,39H,16-17H2,1-2H3. The highest BCUT2D eigenvalue weighted by atomic mass is 19.4. The number of alkyl halides is 6. The van der Waals surface area contributed by atoms with Gasteiger partial charge >= 0.3 is 12.4 Å². The minimum absolute atomic E-state index is 0.111. The average molecular weight is 575 g/mol. The van der Waals surface area contributed by atoms with Crippen LogP contribution < -0.4 is 4.74 Å². The molecule has 0 saturated carbocycles. The molecule has 0 aliphatic rings. The molecule has 0 aliphatic carbocycles. The Balaban J connectivity index is 1.38. The van der Waals surface area contributed by atoms with Crippen molar-refractivity contribution in [2.24, 2.45) is 0 Å². The average Bonchev–Trinajstić information content (AvgIpc) is 3.44. The van der Waals surface area contributed by atoms with Crippen LogP contribution in [0.3, 0.4) is 0 Å². The van der Waals surface area contributed by atoms with E-state index in [1.165, 1.54) is 6.07 Å². The molecule has 0 aliphatic heterocycles. The molecular weight excluding hydrogens is 550 g/mol. The third kappa shape index (κ3) is 5.29. The van der Waals surface area contributed by atoms with Crippen molar-refractivity contribution in [1.29, 1.82) is 0 Å². The largest absolute Gasteiger partial charge is 0.489 e. The van der Waals surface area contributed by atoms with E-state index in [2.05, 4.69) is 4.98 Å². The van der Waals surface area contributed by atoms with E-state index in [9.17, 15) is 31.4 Å². The zero-order chi connectivity index (χ0) is 29.6. The number of aryl methyl sites for hydroxylation is 2. The minimum atomic E-state index is -5.96. The van der Waals surface area contributed by atoms with Crippen LogP contribution in [-0.4, -0.2) is 27.0 Å². The van der Waals surface area contributed by atoms with E-state index in [0.717, 1.165) is 11.6 Å². The third-order valence-corrected chi connectivity index (χ3v) is 6.90. The zero-order valence-corrected chi connectivity index (χ0v) is 21.8. The van der Waals surface area contributed by atoms with Gasteiger partial charge in [0.2, 0.25) is 5.89 Å². The summed E-state index contributed by atoms with van der Waals surface area (Å²) < 4.78 is 93.6. The van der Waals surface area contributed by atoms with Gasteiger partial charge in [0.15, 0.2) is 0 Å². The van der Waals surface area contributed by atoms with E-state index >= 15 is 0 Å². The normalized spacial score (nSPS) is 12.7. The van der Waals surface area contributed by atoms with Crippen LogP contribution in [0.15, 0.2) is 83.3 Å². The molecule has 5 nitrogen and oxygen atoms in total. The lowest BCUT2D eigenvalue weighted by atomic mass is 9.91. The number of halogens is 6. The molecule has 3 aromatic carbocycles. The summed E-state index contributed by atoms with van der Waals surface area (Å²) in [5.41, 5.74) is -3.09. The van der Waals surface area contributed by atoms with Gasteiger partial charge in [-0.2, -0.15) is 26.3 Å². The first kappa shape index (κ1) is 28.3. The van der Waals surface area contributed by atoms with Gasteiger partial charge in [0.05, 0.1) is 6.54 Å². The first-order valence-corrected chi connectivity index (χ1v) is 12.5. The fraction of sp³-hybridized carbons (Fsp3) is 0.233. The number of aliphatic hydroxyl groups is 1. The number of nitrogens with zero attached hydrogens (tertiary/aromatic N) is 2. The Bertz CT molecular complexity index is 1660. The summed E-state index contributed by atoms with van der Waals surface area (Å²) in [5.74, 6) is 1.52. The Morgan fingerprint density at radius 3 is 2.15 bits per heavy atom. The molecule has 0 atom stereocenters. The van der Waals surface area contributed by atoms with Crippen molar-refractivity contribution < 1.29 is 40.6 Å². The van der Waals surface area contributed by atoms with Gasteiger partial charge in [-0.25, -0.2) is 4.98 Å². The van der Waals surface area contributed by atoms with Gasteiger partial charge < -0.3 is 18.8 Å². The van der Waals surface area contributed by atoms with Gasteiger partial charge in [-0.15, -0.1) is 0 Å². The van der Waals surface area contributed by atoms with Crippen molar-refractivity contribution in [2.45, 2.75) is 45.0 Å². The summed E-state index contributed by atoms with van der Waals surface area (Å²) in [6, 6.07) is 20.8. The van der Waals surface area contributed by atoms with Crippen molar-refractivity contribution in [3.8, 4) is 17.2 Å². The van der Waals surface area contributed by atoms with E-state index in [4.69, 9.17) is 9.15 Å². The van der Waals surface area contributed by atoms with Crippen molar-refractivity contribution >= 4 is 10.9 Å². The molecular formula is C30H24F6N2O3. The van der Waals surface area contributed by atoms with Crippen LogP contribution in [0.25, 0.3) is 22.4 Å². The summed E-state index contributed by atoms with van der Waals surface area (Å²) in [7, 11) is 0. The number of rotatable bonds is 7. The lowest BCUT2D eigenvalue weighted by Crippen LogP contribution is -2.53. The molecule has 0 radical (unpaired) electrons. The molecule has 41 heavy (non-hydrogen) atoms. The van der Waals surface area contributed by atoms with E-state index in [0.29, 0.717) is 58.6 Å². The second-order valence-electron chi connectivity index (χ2n) is 9.67. The van der Waals surface area contributed by atoms with Crippen molar-refractivity contribution in [2.75, 3.05) is 0 Å². The molecule has 0 bridgehead atoms. The van der Waals surface area contributed by atoms with Gasteiger partial charge in [0.1, 0.15) is 23.8 Å². The second-order valence-corrected chi connectivity index (χ2v) is 9.67. The van der Waals surface area contributed by atoms with Crippen molar-refractivity contribution in [3.63, 3.8) is 0 Å². The van der Waals surface area contributed by atoms with Crippen LogP contribution in [0.1, 0.15) is 28.3 Å². The topological polar surface area (TPSA) is 60.4 Å². The molecule has 5 rings (SSSR count). The lowest BCUT2D eigenvalue weighted by molar-refractivity contribution is -0.376. The van der Waals surface area contributed by atoms with Crippen LogP contribution in [-0.2, 0) is 18.8 Å².